The molecule has 0 aromatic carbocycles. The van der Waals surface area contributed by atoms with Gasteiger partial charge in [-0.05, 0) is 30.9 Å². The van der Waals surface area contributed by atoms with Gasteiger partial charge >= 0.3 is 5.69 Å². The summed E-state index contributed by atoms with van der Waals surface area (Å²) < 4.78 is 1.59. The molecule has 1 aliphatic rings. The van der Waals surface area contributed by atoms with Crippen molar-refractivity contribution in [3.05, 3.63) is 45.9 Å². The maximum Gasteiger partial charge on any atom is 0.343 e. The van der Waals surface area contributed by atoms with Crippen LogP contribution >= 0.6 is 0 Å². The van der Waals surface area contributed by atoms with Gasteiger partial charge in [0.2, 0.25) is 0 Å². The highest BCUT2D eigenvalue weighted by Gasteiger charge is 2.26. The molecular weight excluding hydrogens is 304 g/mol. The average Bonchev–Trinajstić information content (AvgIpc) is 2.93. The molecule has 3 rings (SSSR count). The standard InChI is InChI=1S/C17H22N6O/c1-23-16(21-22-17(23)24)9-12-5-2-3-8-15(12)19-11-14-7-4-6-13(10-18)20-14/h4,6-7,12,15,19H,2-3,5,8-9,11H2,1H3,(H,22,24)/t12-,15-/m1/s1. The van der Waals surface area contributed by atoms with Crippen LogP contribution in [-0.4, -0.2) is 25.8 Å². The largest absolute Gasteiger partial charge is 0.343 e. The summed E-state index contributed by atoms with van der Waals surface area (Å²) in [6, 6.07) is 7.95. The molecule has 1 fully saturated rings. The van der Waals surface area contributed by atoms with E-state index in [1.54, 1.807) is 17.7 Å². The first-order valence-electron chi connectivity index (χ1n) is 8.37. The Bertz CT molecular complexity index is 787. The van der Waals surface area contributed by atoms with E-state index in [9.17, 15) is 4.79 Å². The molecule has 0 aliphatic heterocycles. The van der Waals surface area contributed by atoms with Crippen LogP contribution in [-0.2, 0) is 20.0 Å². The lowest BCUT2D eigenvalue weighted by Gasteiger charge is -2.32. The van der Waals surface area contributed by atoms with Crippen molar-refractivity contribution in [1.29, 1.82) is 5.26 Å². The Morgan fingerprint density at radius 1 is 1.42 bits per heavy atom. The van der Waals surface area contributed by atoms with Crippen molar-refractivity contribution >= 4 is 0 Å². The molecule has 0 unspecified atom stereocenters. The highest BCUT2D eigenvalue weighted by Crippen LogP contribution is 2.27. The number of rotatable bonds is 5. The van der Waals surface area contributed by atoms with Gasteiger partial charge in [-0.15, -0.1) is 0 Å². The third-order valence-corrected chi connectivity index (χ3v) is 4.79. The Balaban J connectivity index is 1.65. The molecular formula is C17H22N6O. The lowest BCUT2D eigenvalue weighted by Crippen LogP contribution is -2.39. The molecule has 0 saturated heterocycles. The van der Waals surface area contributed by atoms with Crippen LogP contribution in [0.1, 0.15) is 42.9 Å². The van der Waals surface area contributed by atoms with Gasteiger partial charge in [0.25, 0.3) is 0 Å². The van der Waals surface area contributed by atoms with E-state index in [0.717, 1.165) is 30.8 Å². The lowest BCUT2D eigenvalue weighted by atomic mass is 9.82. The third-order valence-electron chi connectivity index (χ3n) is 4.79. The number of hydrogen-bond donors (Lipinski definition) is 2. The minimum Gasteiger partial charge on any atom is -0.308 e. The normalized spacial score (nSPS) is 20.7. The smallest absolute Gasteiger partial charge is 0.308 e. The molecule has 0 bridgehead atoms. The number of aromatic nitrogens is 4. The van der Waals surface area contributed by atoms with E-state index in [4.69, 9.17) is 5.26 Å². The summed E-state index contributed by atoms with van der Waals surface area (Å²) in [5.41, 5.74) is 1.16. The Hall–Kier alpha value is -2.46. The van der Waals surface area contributed by atoms with Gasteiger partial charge < -0.3 is 5.32 Å². The Morgan fingerprint density at radius 3 is 3.00 bits per heavy atom. The molecule has 2 N–H and O–H groups in total. The maximum atomic E-state index is 11.5. The summed E-state index contributed by atoms with van der Waals surface area (Å²) in [6.45, 7) is 0.649. The zero-order chi connectivity index (χ0) is 16.9. The summed E-state index contributed by atoms with van der Waals surface area (Å²) in [4.78, 5) is 15.8. The second-order valence-corrected chi connectivity index (χ2v) is 6.37. The molecule has 1 aliphatic carbocycles. The Labute approximate surface area is 140 Å². The van der Waals surface area contributed by atoms with Crippen molar-refractivity contribution in [3.8, 4) is 6.07 Å². The number of H-pyrrole nitrogens is 1. The van der Waals surface area contributed by atoms with E-state index in [2.05, 4.69) is 26.6 Å². The third kappa shape index (κ3) is 3.71. The molecule has 2 heterocycles. The van der Waals surface area contributed by atoms with Crippen molar-refractivity contribution in [3.63, 3.8) is 0 Å². The fourth-order valence-electron chi connectivity index (χ4n) is 3.39. The second kappa shape index (κ2) is 7.41. The fraction of sp³-hybridized carbons (Fsp3) is 0.529. The van der Waals surface area contributed by atoms with Crippen LogP contribution in [0.3, 0.4) is 0 Å². The minimum atomic E-state index is -0.164. The van der Waals surface area contributed by atoms with Gasteiger partial charge in [0, 0.05) is 26.1 Å². The first kappa shape index (κ1) is 16.4. The molecule has 24 heavy (non-hydrogen) atoms. The summed E-state index contributed by atoms with van der Waals surface area (Å²) in [5.74, 6) is 1.26. The van der Waals surface area contributed by atoms with Crippen LogP contribution in [0.4, 0.5) is 0 Å². The molecule has 2 atom stereocenters. The van der Waals surface area contributed by atoms with E-state index < -0.39 is 0 Å². The fourth-order valence-corrected chi connectivity index (χ4v) is 3.39. The molecule has 7 nitrogen and oxygen atoms in total. The monoisotopic (exact) mass is 326 g/mol. The average molecular weight is 326 g/mol. The predicted molar refractivity (Wildman–Crippen MR) is 89.1 cm³/mol. The topological polar surface area (TPSA) is 99.4 Å². The van der Waals surface area contributed by atoms with Gasteiger partial charge in [-0.2, -0.15) is 10.4 Å². The first-order valence-corrected chi connectivity index (χ1v) is 8.37. The summed E-state index contributed by atoms with van der Waals surface area (Å²) in [5, 5.41) is 19.2. The Morgan fingerprint density at radius 2 is 2.25 bits per heavy atom. The Kier molecular flexibility index (Phi) is 5.06. The van der Waals surface area contributed by atoms with Crippen molar-refractivity contribution in [2.24, 2.45) is 13.0 Å². The zero-order valence-electron chi connectivity index (χ0n) is 13.8. The summed E-state index contributed by atoms with van der Waals surface area (Å²) in [6.07, 6.45) is 5.45. The van der Waals surface area contributed by atoms with Gasteiger partial charge in [-0.25, -0.2) is 14.9 Å². The van der Waals surface area contributed by atoms with E-state index >= 15 is 0 Å². The van der Waals surface area contributed by atoms with Gasteiger partial charge in [0.15, 0.2) is 0 Å². The minimum absolute atomic E-state index is 0.164. The maximum absolute atomic E-state index is 11.5. The van der Waals surface area contributed by atoms with E-state index in [-0.39, 0.29) is 5.69 Å². The quantitative estimate of drug-likeness (QED) is 0.862. The van der Waals surface area contributed by atoms with Crippen molar-refractivity contribution < 1.29 is 0 Å². The molecule has 0 spiro atoms. The SMILES string of the molecule is Cn1c(C[C@H]2CCCC[C@H]2NCc2cccc(C#N)n2)n[nH]c1=O. The van der Waals surface area contributed by atoms with E-state index in [1.165, 1.54) is 12.8 Å². The first-order chi connectivity index (χ1) is 11.7. The highest BCUT2D eigenvalue weighted by molar-refractivity contribution is 5.22. The zero-order valence-corrected chi connectivity index (χ0v) is 13.8. The number of aromatic amines is 1. The van der Waals surface area contributed by atoms with E-state index in [0.29, 0.717) is 24.2 Å². The van der Waals surface area contributed by atoms with Gasteiger partial charge in [-0.3, -0.25) is 4.57 Å². The second-order valence-electron chi connectivity index (χ2n) is 6.37. The summed E-state index contributed by atoms with van der Waals surface area (Å²) >= 11 is 0. The van der Waals surface area contributed by atoms with Gasteiger partial charge in [-0.1, -0.05) is 18.9 Å². The van der Waals surface area contributed by atoms with Crippen LogP contribution in [0, 0.1) is 17.2 Å². The van der Waals surface area contributed by atoms with Gasteiger partial charge in [0.05, 0.1) is 5.69 Å². The molecule has 126 valence electrons. The van der Waals surface area contributed by atoms with Crippen LogP contribution < -0.4 is 11.0 Å². The van der Waals surface area contributed by atoms with Gasteiger partial charge in [0.1, 0.15) is 17.6 Å². The van der Waals surface area contributed by atoms with Crippen LogP contribution in [0.2, 0.25) is 0 Å². The van der Waals surface area contributed by atoms with Crippen LogP contribution in [0.5, 0.6) is 0 Å². The number of nitriles is 1. The van der Waals surface area contributed by atoms with Crippen molar-refractivity contribution in [2.45, 2.75) is 44.7 Å². The molecule has 2 aromatic heterocycles. The lowest BCUT2D eigenvalue weighted by molar-refractivity contribution is 0.254. The molecule has 7 heteroatoms. The van der Waals surface area contributed by atoms with Crippen molar-refractivity contribution in [1.82, 2.24) is 25.1 Å². The molecule has 2 aromatic rings. The summed E-state index contributed by atoms with van der Waals surface area (Å²) in [7, 11) is 1.75. The number of nitrogens with one attached hydrogen (secondary N) is 2. The van der Waals surface area contributed by atoms with Crippen molar-refractivity contribution in [2.75, 3.05) is 0 Å². The van der Waals surface area contributed by atoms with Crippen LogP contribution in [0.15, 0.2) is 23.0 Å². The number of pyridine rings is 1. The molecule has 0 amide bonds. The van der Waals surface area contributed by atoms with Crippen LogP contribution in [0.25, 0.3) is 0 Å². The van der Waals surface area contributed by atoms with E-state index in [1.807, 2.05) is 12.1 Å². The highest BCUT2D eigenvalue weighted by atomic mass is 16.1. The number of nitrogens with zero attached hydrogens (tertiary/aromatic N) is 4. The number of hydrogen-bond acceptors (Lipinski definition) is 5. The molecule has 0 radical (unpaired) electrons. The predicted octanol–water partition coefficient (Wildman–Crippen LogP) is 1.27. The molecule has 1 saturated carbocycles.